The molecule has 0 aliphatic carbocycles. The number of rotatable bonds is 6. The number of benzene rings is 2. The molecule has 0 saturated carbocycles. The summed E-state index contributed by atoms with van der Waals surface area (Å²) in [4.78, 5) is 28.8. The van der Waals surface area contributed by atoms with Gasteiger partial charge in [-0.05, 0) is 43.3 Å². The van der Waals surface area contributed by atoms with Crippen LogP contribution >= 0.6 is 11.6 Å². The van der Waals surface area contributed by atoms with Crippen molar-refractivity contribution in [3.8, 4) is 0 Å². The molecule has 154 valence electrons. The van der Waals surface area contributed by atoms with Crippen LogP contribution in [0.25, 0.3) is 0 Å². The van der Waals surface area contributed by atoms with Gasteiger partial charge in [-0.3, -0.25) is 19.4 Å². The van der Waals surface area contributed by atoms with Gasteiger partial charge in [-0.2, -0.15) is 0 Å². The number of hydrogen-bond donors (Lipinski definition) is 2. The summed E-state index contributed by atoms with van der Waals surface area (Å²) in [6.07, 6.45) is 0. The van der Waals surface area contributed by atoms with E-state index in [0.29, 0.717) is 42.6 Å². The Kier molecular flexibility index (Phi) is 7.19. The minimum absolute atomic E-state index is 0.0994. The second-order valence-corrected chi connectivity index (χ2v) is 7.48. The molecule has 0 spiro atoms. The van der Waals surface area contributed by atoms with E-state index in [4.69, 9.17) is 11.6 Å². The van der Waals surface area contributed by atoms with E-state index in [-0.39, 0.29) is 30.2 Å². The van der Waals surface area contributed by atoms with Crippen molar-refractivity contribution in [1.82, 2.24) is 9.80 Å². The third-order valence-electron chi connectivity index (χ3n) is 4.90. The molecule has 2 amide bonds. The summed E-state index contributed by atoms with van der Waals surface area (Å²) in [6, 6.07) is 12.5. The minimum Gasteiger partial charge on any atom is -0.325 e. The summed E-state index contributed by atoms with van der Waals surface area (Å²) in [6.45, 7) is 4.81. The lowest BCUT2D eigenvalue weighted by atomic mass is 10.2. The van der Waals surface area contributed by atoms with E-state index in [1.807, 2.05) is 11.8 Å². The van der Waals surface area contributed by atoms with E-state index in [0.717, 1.165) is 0 Å². The van der Waals surface area contributed by atoms with Crippen molar-refractivity contribution in [2.24, 2.45) is 0 Å². The van der Waals surface area contributed by atoms with E-state index in [2.05, 4.69) is 15.5 Å². The minimum atomic E-state index is -0.389. The standard InChI is InChI=1S/C21H24ClFN4O2/c1-15(21(29)25-19-7-3-5-17(23)13-19)27-10-8-26(9-11-27)14-20(28)24-18-6-2-4-16(22)12-18/h2-7,12-13,15H,8-11,14H2,1H3,(H,24,28)(H,25,29). The van der Waals surface area contributed by atoms with Gasteiger partial charge in [-0.15, -0.1) is 0 Å². The van der Waals surface area contributed by atoms with Gasteiger partial charge in [0.25, 0.3) is 0 Å². The summed E-state index contributed by atoms with van der Waals surface area (Å²) in [5.74, 6) is -0.666. The fourth-order valence-corrected chi connectivity index (χ4v) is 3.45. The Labute approximate surface area is 174 Å². The zero-order chi connectivity index (χ0) is 20.8. The molecule has 1 unspecified atom stereocenters. The van der Waals surface area contributed by atoms with Gasteiger partial charge in [0.05, 0.1) is 12.6 Å². The number of nitrogens with one attached hydrogen (secondary N) is 2. The predicted molar refractivity (Wildman–Crippen MR) is 113 cm³/mol. The highest BCUT2D eigenvalue weighted by Gasteiger charge is 2.26. The summed E-state index contributed by atoms with van der Waals surface area (Å²) in [5, 5.41) is 6.16. The molecule has 1 atom stereocenters. The molecule has 2 aromatic carbocycles. The van der Waals surface area contributed by atoms with Crippen LogP contribution < -0.4 is 10.6 Å². The molecule has 0 radical (unpaired) electrons. The zero-order valence-electron chi connectivity index (χ0n) is 16.2. The molecule has 2 aromatic rings. The van der Waals surface area contributed by atoms with E-state index in [1.165, 1.54) is 12.1 Å². The smallest absolute Gasteiger partial charge is 0.241 e. The lowest BCUT2D eigenvalue weighted by Crippen LogP contribution is -2.53. The third kappa shape index (κ3) is 6.25. The van der Waals surface area contributed by atoms with Crippen molar-refractivity contribution in [3.05, 3.63) is 59.4 Å². The first-order valence-electron chi connectivity index (χ1n) is 9.49. The van der Waals surface area contributed by atoms with E-state index >= 15 is 0 Å². The van der Waals surface area contributed by atoms with Gasteiger partial charge >= 0.3 is 0 Å². The van der Waals surface area contributed by atoms with Crippen LogP contribution in [-0.2, 0) is 9.59 Å². The number of piperazine rings is 1. The summed E-state index contributed by atoms with van der Waals surface area (Å²) in [7, 11) is 0. The van der Waals surface area contributed by atoms with Crippen LogP contribution in [0.5, 0.6) is 0 Å². The maximum absolute atomic E-state index is 13.3. The van der Waals surface area contributed by atoms with Gasteiger partial charge in [0.2, 0.25) is 11.8 Å². The van der Waals surface area contributed by atoms with Crippen LogP contribution in [0.3, 0.4) is 0 Å². The quantitative estimate of drug-likeness (QED) is 0.756. The predicted octanol–water partition coefficient (Wildman–Crippen LogP) is 3.06. The van der Waals surface area contributed by atoms with Crippen molar-refractivity contribution >= 4 is 34.8 Å². The molecular formula is C21H24ClFN4O2. The summed E-state index contributed by atoms with van der Waals surface area (Å²) >= 11 is 5.93. The monoisotopic (exact) mass is 418 g/mol. The number of carbonyl (C=O) groups excluding carboxylic acids is 2. The van der Waals surface area contributed by atoms with Crippen molar-refractivity contribution in [2.45, 2.75) is 13.0 Å². The Hall–Kier alpha value is -2.48. The second-order valence-electron chi connectivity index (χ2n) is 7.05. The lowest BCUT2D eigenvalue weighted by Gasteiger charge is -2.37. The highest BCUT2D eigenvalue weighted by molar-refractivity contribution is 6.30. The van der Waals surface area contributed by atoms with Gasteiger partial charge in [0, 0.05) is 42.6 Å². The highest BCUT2D eigenvalue weighted by Crippen LogP contribution is 2.15. The Morgan fingerprint density at radius 3 is 2.34 bits per heavy atom. The van der Waals surface area contributed by atoms with Crippen LogP contribution in [0, 0.1) is 5.82 Å². The first-order valence-corrected chi connectivity index (χ1v) is 9.87. The molecule has 2 N–H and O–H groups in total. The zero-order valence-corrected chi connectivity index (χ0v) is 17.0. The fraction of sp³-hybridized carbons (Fsp3) is 0.333. The van der Waals surface area contributed by atoms with E-state index in [9.17, 15) is 14.0 Å². The molecule has 1 saturated heterocycles. The average molecular weight is 419 g/mol. The first-order chi connectivity index (χ1) is 13.9. The fourth-order valence-electron chi connectivity index (χ4n) is 3.26. The van der Waals surface area contributed by atoms with Gasteiger partial charge in [0.15, 0.2) is 0 Å². The number of nitrogens with zero attached hydrogens (tertiary/aromatic N) is 2. The largest absolute Gasteiger partial charge is 0.325 e. The normalized spacial score (nSPS) is 16.2. The molecular weight excluding hydrogens is 395 g/mol. The van der Waals surface area contributed by atoms with Crippen LogP contribution in [0.1, 0.15) is 6.92 Å². The molecule has 8 heteroatoms. The van der Waals surface area contributed by atoms with Gasteiger partial charge in [-0.25, -0.2) is 4.39 Å². The maximum Gasteiger partial charge on any atom is 0.241 e. The average Bonchev–Trinajstić information content (AvgIpc) is 2.68. The van der Waals surface area contributed by atoms with E-state index < -0.39 is 0 Å². The summed E-state index contributed by atoms with van der Waals surface area (Å²) < 4.78 is 13.3. The molecule has 6 nitrogen and oxygen atoms in total. The van der Waals surface area contributed by atoms with Crippen LogP contribution in [0.15, 0.2) is 48.5 Å². The second kappa shape index (κ2) is 9.82. The SMILES string of the molecule is CC(C(=O)Nc1cccc(F)c1)N1CCN(CC(=O)Nc2cccc(Cl)c2)CC1. The molecule has 1 aliphatic heterocycles. The Bertz CT molecular complexity index is 871. The van der Waals surface area contributed by atoms with Gasteiger partial charge < -0.3 is 10.6 Å². The topological polar surface area (TPSA) is 64.7 Å². The molecule has 0 aromatic heterocycles. The molecule has 1 fully saturated rings. The summed E-state index contributed by atoms with van der Waals surface area (Å²) in [5.41, 5.74) is 1.11. The van der Waals surface area contributed by atoms with Crippen LogP contribution in [0.4, 0.5) is 15.8 Å². The van der Waals surface area contributed by atoms with Crippen molar-refractivity contribution < 1.29 is 14.0 Å². The molecule has 3 rings (SSSR count). The van der Waals surface area contributed by atoms with Crippen LogP contribution in [-0.4, -0.2) is 60.4 Å². The van der Waals surface area contributed by atoms with Gasteiger partial charge in [-0.1, -0.05) is 23.7 Å². The molecule has 1 aliphatic rings. The maximum atomic E-state index is 13.3. The number of amides is 2. The van der Waals surface area contributed by atoms with Gasteiger partial charge in [0.1, 0.15) is 5.82 Å². The van der Waals surface area contributed by atoms with Crippen molar-refractivity contribution in [2.75, 3.05) is 43.4 Å². The molecule has 1 heterocycles. The third-order valence-corrected chi connectivity index (χ3v) is 5.14. The number of anilines is 2. The Balaban J connectivity index is 1.44. The number of hydrogen-bond acceptors (Lipinski definition) is 4. The number of carbonyl (C=O) groups is 2. The van der Waals surface area contributed by atoms with Crippen molar-refractivity contribution in [1.29, 1.82) is 0 Å². The first kappa shape index (κ1) is 21.2. The highest BCUT2D eigenvalue weighted by atomic mass is 35.5. The lowest BCUT2D eigenvalue weighted by molar-refractivity contribution is -0.122. The molecule has 29 heavy (non-hydrogen) atoms. The number of halogens is 2. The van der Waals surface area contributed by atoms with Crippen molar-refractivity contribution in [3.63, 3.8) is 0 Å². The van der Waals surface area contributed by atoms with Crippen LogP contribution in [0.2, 0.25) is 5.02 Å². The van der Waals surface area contributed by atoms with E-state index in [1.54, 1.807) is 36.4 Å². The molecule has 0 bridgehead atoms. The Morgan fingerprint density at radius 2 is 1.69 bits per heavy atom. The Morgan fingerprint density at radius 1 is 1.03 bits per heavy atom.